The summed E-state index contributed by atoms with van der Waals surface area (Å²) in [6.07, 6.45) is 5.61. The van der Waals surface area contributed by atoms with Crippen LogP contribution >= 0.6 is 0 Å². The molecule has 0 heterocycles. The minimum atomic E-state index is 0.407. The van der Waals surface area contributed by atoms with E-state index in [1.807, 2.05) is 12.1 Å². The highest BCUT2D eigenvalue weighted by molar-refractivity contribution is 5.36. The fourth-order valence-corrected chi connectivity index (χ4v) is 2.57. The fourth-order valence-electron chi connectivity index (χ4n) is 2.57. The van der Waals surface area contributed by atoms with Gasteiger partial charge in [0.05, 0.1) is 19.3 Å². The van der Waals surface area contributed by atoms with E-state index >= 15 is 0 Å². The molecule has 1 saturated carbocycles. The molecular weight excluding hydrogens is 234 g/mol. The van der Waals surface area contributed by atoms with Crippen LogP contribution in [-0.4, -0.2) is 12.6 Å². The highest BCUT2D eigenvalue weighted by Crippen LogP contribution is 2.26. The van der Waals surface area contributed by atoms with Crippen molar-refractivity contribution in [3.8, 4) is 11.8 Å². The van der Waals surface area contributed by atoms with Gasteiger partial charge in [-0.2, -0.15) is 0 Å². The number of ether oxygens (including phenoxy) is 1. The van der Waals surface area contributed by atoms with E-state index in [9.17, 15) is 0 Å². The molecule has 2 atom stereocenters. The maximum Gasteiger partial charge on any atom is 0.0720 e. The standard InChI is InChI=1S/C17H23NO/c1-14-5-2-3-7-17(14)19-13-16-10-8-15(9-11-16)6-4-12-18/h8-11,14,17H,2-3,5,7,12-13,18H2,1H3. The van der Waals surface area contributed by atoms with E-state index in [-0.39, 0.29) is 0 Å². The number of nitrogens with two attached hydrogens (primary N) is 1. The van der Waals surface area contributed by atoms with Gasteiger partial charge in [0.2, 0.25) is 0 Å². The average molecular weight is 257 g/mol. The molecule has 1 aromatic rings. The van der Waals surface area contributed by atoms with Gasteiger partial charge < -0.3 is 10.5 Å². The third kappa shape index (κ3) is 4.38. The topological polar surface area (TPSA) is 35.2 Å². The van der Waals surface area contributed by atoms with Crippen molar-refractivity contribution in [2.75, 3.05) is 6.54 Å². The van der Waals surface area contributed by atoms with E-state index in [0.717, 1.165) is 5.56 Å². The summed E-state index contributed by atoms with van der Waals surface area (Å²) in [6, 6.07) is 8.25. The lowest BCUT2D eigenvalue weighted by atomic mass is 9.88. The Bertz CT molecular complexity index is 441. The Morgan fingerprint density at radius 3 is 2.63 bits per heavy atom. The van der Waals surface area contributed by atoms with Gasteiger partial charge in [0.25, 0.3) is 0 Å². The zero-order valence-electron chi connectivity index (χ0n) is 11.7. The Kier molecular flexibility index (Phi) is 5.44. The number of hydrogen-bond donors (Lipinski definition) is 1. The number of rotatable bonds is 3. The molecule has 1 aliphatic carbocycles. The maximum absolute atomic E-state index is 6.05. The maximum atomic E-state index is 6.05. The lowest BCUT2D eigenvalue weighted by molar-refractivity contribution is -0.0154. The molecule has 0 amide bonds. The predicted molar refractivity (Wildman–Crippen MR) is 78.6 cm³/mol. The van der Waals surface area contributed by atoms with E-state index in [2.05, 4.69) is 30.9 Å². The first-order valence-electron chi connectivity index (χ1n) is 7.19. The zero-order valence-corrected chi connectivity index (χ0v) is 11.7. The second kappa shape index (κ2) is 7.33. The van der Waals surface area contributed by atoms with Crippen molar-refractivity contribution < 1.29 is 4.74 Å². The molecule has 0 spiro atoms. The first-order valence-corrected chi connectivity index (χ1v) is 7.19. The molecule has 0 radical (unpaired) electrons. The Hall–Kier alpha value is -1.30. The summed E-state index contributed by atoms with van der Waals surface area (Å²) in [6.45, 7) is 3.42. The van der Waals surface area contributed by atoms with Crippen LogP contribution in [0.25, 0.3) is 0 Å². The molecule has 1 aliphatic rings. The predicted octanol–water partition coefficient (Wildman–Crippen LogP) is 3.09. The Labute approximate surface area is 116 Å². The molecule has 19 heavy (non-hydrogen) atoms. The van der Waals surface area contributed by atoms with Crippen molar-refractivity contribution >= 4 is 0 Å². The monoisotopic (exact) mass is 257 g/mol. The smallest absolute Gasteiger partial charge is 0.0720 e. The van der Waals surface area contributed by atoms with Crippen LogP contribution in [-0.2, 0) is 11.3 Å². The second-order valence-electron chi connectivity index (χ2n) is 5.31. The van der Waals surface area contributed by atoms with E-state index in [4.69, 9.17) is 10.5 Å². The van der Waals surface area contributed by atoms with Crippen LogP contribution in [0.5, 0.6) is 0 Å². The highest BCUT2D eigenvalue weighted by atomic mass is 16.5. The van der Waals surface area contributed by atoms with Crippen LogP contribution in [0, 0.1) is 17.8 Å². The van der Waals surface area contributed by atoms with Crippen LogP contribution in [0.1, 0.15) is 43.7 Å². The summed E-state index contributed by atoms with van der Waals surface area (Å²) < 4.78 is 6.05. The summed E-state index contributed by atoms with van der Waals surface area (Å²) in [5.74, 6) is 6.59. The molecule has 1 aromatic carbocycles. The number of hydrogen-bond acceptors (Lipinski definition) is 2. The summed E-state index contributed by atoms with van der Waals surface area (Å²) in [7, 11) is 0. The van der Waals surface area contributed by atoms with Crippen molar-refractivity contribution in [2.24, 2.45) is 11.7 Å². The van der Waals surface area contributed by atoms with Crippen LogP contribution in [0.3, 0.4) is 0 Å². The Morgan fingerprint density at radius 2 is 1.95 bits per heavy atom. The van der Waals surface area contributed by atoms with E-state index in [1.54, 1.807) is 0 Å². The quantitative estimate of drug-likeness (QED) is 0.845. The van der Waals surface area contributed by atoms with Gasteiger partial charge in [0.15, 0.2) is 0 Å². The van der Waals surface area contributed by atoms with Crippen molar-refractivity contribution in [3.63, 3.8) is 0 Å². The summed E-state index contributed by atoms with van der Waals surface area (Å²) in [4.78, 5) is 0. The fraction of sp³-hybridized carbons (Fsp3) is 0.529. The molecular formula is C17H23NO. The Morgan fingerprint density at radius 1 is 1.21 bits per heavy atom. The first kappa shape index (κ1) is 14.1. The molecule has 0 bridgehead atoms. The highest BCUT2D eigenvalue weighted by Gasteiger charge is 2.21. The van der Waals surface area contributed by atoms with Crippen LogP contribution in [0.4, 0.5) is 0 Å². The molecule has 0 aromatic heterocycles. The summed E-state index contributed by atoms with van der Waals surface area (Å²) in [5, 5.41) is 0. The second-order valence-corrected chi connectivity index (χ2v) is 5.31. The summed E-state index contributed by atoms with van der Waals surface area (Å²) >= 11 is 0. The van der Waals surface area contributed by atoms with Crippen molar-refractivity contribution in [1.29, 1.82) is 0 Å². The van der Waals surface area contributed by atoms with Gasteiger partial charge in [0.1, 0.15) is 0 Å². The van der Waals surface area contributed by atoms with Gasteiger partial charge >= 0.3 is 0 Å². The molecule has 2 nitrogen and oxygen atoms in total. The van der Waals surface area contributed by atoms with E-state index in [1.165, 1.54) is 31.2 Å². The van der Waals surface area contributed by atoms with E-state index < -0.39 is 0 Å². The molecule has 0 aliphatic heterocycles. The van der Waals surface area contributed by atoms with Gasteiger partial charge in [0, 0.05) is 5.56 Å². The van der Waals surface area contributed by atoms with Crippen LogP contribution < -0.4 is 5.73 Å². The van der Waals surface area contributed by atoms with Gasteiger partial charge in [-0.05, 0) is 36.5 Å². The van der Waals surface area contributed by atoms with Crippen LogP contribution in [0.15, 0.2) is 24.3 Å². The van der Waals surface area contributed by atoms with Crippen LogP contribution in [0.2, 0.25) is 0 Å². The third-order valence-electron chi connectivity index (χ3n) is 3.79. The Balaban J connectivity index is 1.85. The molecule has 2 rings (SSSR count). The minimum absolute atomic E-state index is 0.407. The third-order valence-corrected chi connectivity index (χ3v) is 3.79. The largest absolute Gasteiger partial charge is 0.373 e. The van der Waals surface area contributed by atoms with Gasteiger partial charge in [-0.25, -0.2) is 0 Å². The molecule has 2 unspecified atom stereocenters. The minimum Gasteiger partial charge on any atom is -0.373 e. The average Bonchev–Trinajstić information content (AvgIpc) is 2.45. The van der Waals surface area contributed by atoms with Crippen molar-refractivity contribution in [2.45, 2.75) is 45.3 Å². The normalized spacial score (nSPS) is 22.6. The van der Waals surface area contributed by atoms with Gasteiger partial charge in [-0.3, -0.25) is 0 Å². The molecule has 2 N–H and O–H groups in total. The molecule has 1 fully saturated rings. The molecule has 102 valence electrons. The van der Waals surface area contributed by atoms with Crippen molar-refractivity contribution in [1.82, 2.24) is 0 Å². The molecule has 2 heteroatoms. The van der Waals surface area contributed by atoms with Gasteiger partial charge in [-0.1, -0.05) is 43.7 Å². The lowest BCUT2D eigenvalue weighted by Gasteiger charge is -2.28. The molecule has 0 saturated heterocycles. The first-order chi connectivity index (χ1) is 9.29. The SMILES string of the molecule is CC1CCCCC1OCc1ccc(C#CCN)cc1. The number of benzene rings is 1. The van der Waals surface area contributed by atoms with Crippen molar-refractivity contribution in [3.05, 3.63) is 35.4 Å². The zero-order chi connectivity index (χ0) is 13.5. The van der Waals surface area contributed by atoms with Gasteiger partial charge in [-0.15, -0.1) is 0 Å². The lowest BCUT2D eigenvalue weighted by Crippen LogP contribution is -2.25. The summed E-state index contributed by atoms with van der Waals surface area (Å²) in [5.41, 5.74) is 7.59. The van der Waals surface area contributed by atoms with E-state index in [0.29, 0.717) is 25.2 Å².